The Hall–Kier alpha value is -1.36. The Morgan fingerprint density at radius 2 is 1.83 bits per heavy atom. The first kappa shape index (κ1) is 18.0. The molecule has 1 aromatic rings. The Kier molecular flexibility index (Phi) is 6.63. The summed E-state index contributed by atoms with van der Waals surface area (Å²) >= 11 is 3.40. The van der Waals surface area contributed by atoms with Gasteiger partial charge in [-0.05, 0) is 59.7 Å². The molecule has 1 saturated heterocycles. The second-order valence-electron chi connectivity index (χ2n) is 6.52. The molecule has 0 saturated carbocycles. The summed E-state index contributed by atoms with van der Waals surface area (Å²) in [6.07, 6.45) is 3.95. The van der Waals surface area contributed by atoms with Crippen LogP contribution in [-0.2, 0) is 4.79 Å². The standard InChI is InChI=1S/C18H25BrN2O2/c1-13(2)12-16(18(23)21-10-6-3-7-11-21)20-17(22)14-8-4-5-9-15(14)19/h4-5,8-9,13,16H,3,6-7,10-12H2,1-2H3,(H,20,22)/t16-/m0/s1. The van der Waals surface area contributed by atoms with Crippen LogP contribution in [0.5, 0.6) is 0 Å². The molecule has 1 fully saturated rings. The van der Waals surface area contributed by atoms with E-state index >= 15 is 0 Å². The van der Waals surface area contributed by atoms with Crippen molar-refractivity contribution in [2.24, 2.45) is 5.92 Å². The van der Waals surface area contributed by atoms with Gasteiger partial charge in [-0.25, -0.2) is 0 Å². The number of piperidine rings is 1. The lowest BCUT2D eigenvalue weighted by atomic mass is 10.0. The first-order valence-corrected chi connectivity index (χ1v) is 9.12. The molecule has 126 valence electrons. The zero-order valence-electron chi connectivity index (χ0n) is 13.8. The number of likely N-dealkylation sites (tertiary alicyclic amines) is 1. The van der Waals surface area contributed by atoms with Crippen LogP contribution in [0.25, 0.3) is 0 Å². The zero-order chi connectivity index (χ0) is 16.8. The van der Waals surface area contributed by atoms with Crippen molar-refractivity contribution >= 4 is 27.7 Å². The number of hydrogen-bond acceptors (Lipinski definition) is 2. The molecule has 1 heterocycles. The summed E-state index contributed by atoms with van der Waals surface area (Å²) < 4.78 is 0.742. The topological polar surface area (TPSA) is 49.4 Å². The van der Waals surface area contributed by atoms with E-state index in [2.05, 4.69) is 35.1 Å². The van der Waals surface area contributed by atoms with E-state index < -0.39 is 6.04 Å². The van der Waals surface area contributed by atoms with Crippen molar-refractivity contribution in [1.82, 2.24) is 10.2 Å². The van der Waals surface area contributed by atoms with Crippen molar-refractivity contribution in [2.75, 3.05) is 13.1 Å². The van der Waals surface area contributed by atoms with Crippen molar-refractivity contribution in [1.29, 1.82) is 0 Å². The van der Waals surface area contributed by atoms with Gasteiger partial charge in [0.1, 0.15) is 6.04 Å². The highest BCUT2D eigenvalue weighted by Crippen LogP contribution is 2.18. The van der Waals surface area contributed by atoms with Gasteiger partial charge in [0.25, 0.3) is 5.91 Å². The van der Waals surface area contributed by atoms with E-state index in [1.165, 1.54) is 6.42 Å². The van der Waals surface area contributed by atoms with Crippen LogP contribution < -0.4 is 5.32 Å². The SMILES string of the molecule is CC(C)C[C@H](NC(=O)c1ccccc1Br)C(=O)N1CCCCC1. The smallest absolute Gasteiger partial charge is 0.253 e. The number of rotatable bonds is 5. The summed E-state index contributed by atoms with van der Waals surface area (Å²) in [7, 11) is 0. The first-order valence-electron chi connectivity index (χ1n) is 8.33. The van der Waals surface area contributed by atoms with Gasteiger partial charge in [-0.3, -0.25) is 9.59 Å². The minimum Gasteiger partial charge on any atom is -0.341 e. The van der Waals surface area contributed by atoms with Gasteiger partial charge in [0.15, 0.2) is 0 Å². The van der Waals surface area contributed by atoms with E-state index in [0.29, 0.717) is 17.9 Å². The average Bonchev–Trinajstić information content (AvgIpc) is 2.54. The Balaban J connectivity index is 2.10. The number of carbonyl (C=O) groups is 2. The van der Waals surface area contributed by atoms with Crippen molar-refractivity contribution in [2.45, 2.75) is 45.6 Å². The predicted octanol–water partition coefficient (Wildman–Crippen LogP) is 3.61. The maximum atomic E-state index is 12.8. The lowest BCUT2D eigenvalue weighted by Crippen LogP contribution is -2.50. The van der Waals surface area contributed by atoms with E-state index in [9.17, 15) is 9.59 Å². The number of amides is 2. The maximum absolute atomic E-state index is 12.8. The Labute approximate surface area is 146 Å². The zero-order valence-corrected chi connectivity index (χ0v) is 15.4. The summed E-state index contributed by atoms with van der Waals surface area (Å²) in [6.45, 7) is 5.75. The summed E-state index contributed by atoms with van der Waals surface area (Å²) in [6, 6.07) is 6.83. The molecule has 0 aromatic heterocycles. The molecule has 23 heavy (non-hydrogen) atoms. The van der Waals surface area contributed by atoms with Crippen LogP contribution >= 0.6 is 15.9 Å². The van der Waals surface area contributed by atoms with Gasteiger partial charge < -0.3 is 10.2 Å². The van der Waals surface area contributed by atoms with Crippen LogP contribution in [0.4, 0.5) is 0 Å². The fraction of sp³-hybridized carbons (Fsp3) is 0.556. The van der Waals surface area contributed by atoms with Gasteiger partial charge >= 0.3 is 0 Å². The Bertz CT molecular complexity index is 554. The van der Waals surface area contributed by atoms with Crippen LogP contribution in [0, 0.1) is 5.92 Å². The number of carbonyl (C=O) groups excluding carboxylic acids is 2. The third kappa shape index (κ3) is 5.06. The maximum Gasteiger partial charge on any atom is 0.253 e. The van der Waals surface area contributed by atoms with Crippen LogP contribution in [0.2, 0.25) is 0 Å². The van der Waals surface area contributed by atoms with Gasteiger partial charge in [0.2, 0.25) is 5.91 Å². The third-order valence-electron chi connectivity index (χ3n) is 4.10. The number of nitrogens with one attached hydrogen (secondary N) is 1. The highest BCUT2D eigenvalue weighted by atomic mass is 79.9. The van der Waals surface area contributed by atoms with E-state index in [1.807, 2.05) is 23.1 Å². The average molecular weight is 381 g/mol. The monoisotopic (exact) mass is 380 g/mol. The minimum atomic E-state index is -0.451. The molecule has 0 bridgehead atoms. The highest BCUT2D eigenvalue weighted by molar-refractivity contribution is 9.10. The predicted molar refractivity (Wildman–Crippen MR) is 95.3 cm³/mol. The van der Waals surface area contributed by atoms with Gasteiger partial charge in [-0.1, -0.05) is 26.0 Å². The molecule has 1 aromatic carbocycles. The van der Waals surface area contributed by atoms with Gasteiger partial charge in [0, 0.05) is 17.6 Å². The number of hydrogen-bond donors (Lipinski definition) is 1. The van der Waals surface area contributed by atoms with E-state index in [0.717, 1.165) is 30.4 Å². The summed E-state index contributed by atoms with van der Waals surface area (Å²) in [4.78, 5) is 27.2. The molecule has 1 atom stereocenters. The Morgan fingerprint density at radius 3 is 2.43 bits per heavy atom. The lowest BCUT2D eigenvalue weighted by molar-refractivity contribution is -0.134. The number of nitrogens with zero attached hydrogens (tertiary/aromatic N) is 1. The van der Waals surface area contributed by atoms with Crippen LogP contribution in [0.15, 0.2) is 28.7 Å². The molecule has 1 aliphatic heterocycles. The second kappa shape index (κ2) is 8.48. The summed E-state index contributed by atoms with van der Waals surface area (Å²) in [5.74, 6) is 0.195. The third-order valence-corrected chi connectivity index (χ3v) is 4.79. The normalized spacial score (nSPS) is 16.3. The number of halogens is 1. The van der Waals surface area contributed by atoms with E-state index in [1.54, 1.807) is 6.07 Å². The molecule has 0 radical (unpaired) electrons. The van der Waals surface area contributed by atoms with Crippen LogP contribution in [-0.4, -0.2) is 35.8 Å². The molecule has 2 amide bonds. The molecule has 5 heteroatoms. The molecule has 0 unspecified atom stereocenters. The van der Waals surface area contributed by atoms with Crippen molar-refractivity contribution in [3.8, 4) is 0 Å². The molecular weight excluding hydrogens is 356 g/mol. The van der Waals surface area contributed by atoms with E-state index in [4.69, 9.17) is 0 Å². The molecular formula is C18H25BrN2O2. The fourth-order valence-electron chi connectivity index (χ4n) is 2.91. The first-order chi connectivity index (χ1) is 11.0. The van der Waals surface area contributed by atoms with E-state index in [-0.39, 0.29) is 11.8 Å². The van der Waals surface area contributed by atoms with Gasteiger partial charge in [0.05, 0.1) is 5.56 Å². The summed E-state index contributed by atoms with van der Waals surface area (Å²) in [5, 5.41) is 2.94. The van der Waals surface area contributed by atoms with Crippen molar-refractivity contribution in [3.05, 3.63) is 34.3 Å². The molecule has 0 spiro atoms. The second-order valence-corrected chi connectivity index (χ2v) is 7.38. The van der Waals surface area contributed by atoms with Gasteiger partial charge in [-0.15, -0.1) is 0 Å². The highest BCUT2D eigenvalue weighted by Gasteiger charge is 2.28. The van der Waals surface area contributed by atoms with Crippen molar-refractivity contribution < 1.29 is 9.59 Å². The fourth-order valence-corrected chi connectivity index (χ4v) is 3.37. The molecule has 4 nitrogen and oxygen atoms in total. The molecule has 1 N–H and O–H groups in total. The Morgan fingerprint density at radius 1 is 1.17 bits per heavy atom. The van der Waals surface area contributed by atoms with Crippen molar-refractivity contribution in [3.63, 3.8) is 0 Å². The minimum absolute atomic E-state index is 0.0544. The van der Waals surface area contributed by atoms with Crippen LogP contribution in [0.3, 0.4) is 0 Å². The molecule has 1 aliphatic rings. The molecule has 2 rings (SSSR count). The van der Waals surface area contributed by atoms with Crippen LogP contribution in [0.1, 0.15) is 49.9 Å². The van der Waals surface area contributed by atoms with Gasteiger partial charge in [-0.2, -0.15) is 0 Å². The molecule has 0 aliphatic carbocycles. The summed E-state index contributed by atoms with van der Waals surface area (Å²) in [5.41, 5.74) is 0.563. The lowest BCUT2D eigenvalue weighted by Gasteiger charge is -2.31. The largest absolute Gasteiger partial charge is 0.341 e. The quantitative estimate of drug-likeness (QED) is 0.847. The number of benzene rings is 1.